The first-order chi connectivity index (χ1) is 13.8. The summed E-state index contributed by atoms with van der Waals surface area (Å²) in [5.74, 6) is -0.823. The molecule has 2 aliphatic rings. The van der Waals surface area contributed by atoms with E-state index >= 15 is 0 Å². The van der Waals surface area contributed by atoms with E-state index in [-0.39, 0.29) is 37.3 Å². The lowest BCUT2D eigenvalue weighted by atomic mass is 9.99. The second-order valence-corrected chi connectivity index (χ2v) is 6.89. The van der Waals surface area contributed by atoms with Gasteiger partial charge in [0.05, 0.1) is 13.2 Å². The largest absolute Gasteiger partial charge is 0.394 e. The van der Waals surface area contributed by atoms with Crippen LogP contribution in [0.3, 0.4) is 0 Å². The van der Waals surface area contributed by atoms with Gasteiger partial charge < -0.3 is 35.2 Å². The quantitative estimate of drug-likeness (QED) is 0.179. The third kappa shape index (κ3) is 6.56. The Morgan fingerprint density at radius 3 is 2.41 bits per heavy atom. The highest BCUT2D eigenvalue weighted by Crippen LogP contribution is 2.21. The zero-order valence-electron chi connectivity index (χ0n) is 16.0. The van der Waals surface area contributed by atoms with Crippen molar-refractivity contribution in [1.82, 2.24) is 10.2 Å². The molecule has 5 unspecified atom stereocenters. The van der Waals surface area contributed by atoms with Gasteiger partial charge in [0.25, 0.3) is 11.8 Å². The van der Waals surface area contributed by atoms with Crippen LogP contribution in [0.1, 0.15) is 25.7 Å². The van der Waals surface area contributed by atoms with Crippen LogP contribution < -0.4 is 5.32 Å². The molecule has 164 valence electrons. The Kier molecular flexibility index (Phi) is 9.14. The molecule has 11 heteroatoms. The number of aliphatic hydroxyl groups excluding tert-OH is 4. The topological polar surface area (TPSA) is 166 Å². The van der Waals surface area contributed by atoms with E-state index in [9.17, 15) is 29.7 Å². The van der Waals surface area contributed by atoms with E-state index < -0.39 is 37.3 Å². The number of amides is 3. The minimum Gasteiger partial charge on any atom is -0.394 e. The summed E-state index contributed by atoms with van der Waals surface area (Å²) in [6, 6.07) is 0. The first kappa shape index (κ1) is 23.4. The number of rotatable bonds is 11. The Balaban J connectivity index is 1.53. The fraction of sp³-hybridized carbons (Fsp3) is 0.722. The van der Waals surface area contributed by atoms with Crippen molar-refractivity contribution in [3.8, 4) is 0 Å². The van der Waals surface area contributed by atoms with Crippen LogP contribution in [0.4, 0.5) is 0 Å². The van der Waals surface area contributed by atoms with Gasteiger partial charge in [-0.15, -0.1) is 0 Å². The molecule has 0 saturated carbocycles. The van der Waals surface area contributed by atoms with Crippen LogP contribution in [-0.4, -0.2) is 100 Å². The average Bonchev–Trinajstić information content (AvgIpc) is 3.02. The molecule has 1 fully saturated rings. The number of nitrogens with zero attached hydrogens (tertiary/aromatic N) is 1. The zero-order valence-corrected chi connectivity index (χ0v) is 16.0. The Hall–Kier alpha value is -1.89. The number of hydrogen-bond donors (Lipinski definition) is 5. The van der Waals surface area contributed by atoms with Crippen LogP contribution in [0.25, 0.3) is 0 Å². The van der Waals surface area contributed by atoms with Crippen molar-refractivity contribution in [1.29, 1.82) is 0 Å². The molecule has 2 heterocycles. The highest BCUT2D eigenvalue weighted by Gasteiger charge is 2.43. The number of carbonyl (C=O) groups excluding carboxylic acids is 3. The molecule has 2 rings (SSSR count). The van der Waals surface area contributed by atoms with Gasteiger partial charge in [0.1, 0.15) is 24.4 Å². The van der Waals surface area contributed by atoms with Gasteiger partial charge in [-0.1, -0.05) is 6.42 Å². The highest BCUT2D eigenvalue weighted by atomic mass is 16.7. The summed E-state index contributed by atoms with van der Waals surface area (Å²) in [5, 5.41) is 40.9. The number of ether oxygens (including phenoxy) is 2. The molecule has 0 aromatic carbocycles. The maximum Gasteiger partial charge on any atom is 0.253 e. The smallest absolute Gasteiger partial charge is 0.253 e. The van der Waals surface area contributed by atoms with Crippen LogP contribution >= 0.6 is 0 Å². The second-order valence-electron chi connectivity index (χ2n) is 6.89. The van der Waals surface area contributed by atoms with E-state index in [0.29, 0.717) is 25.8 Å². The van der Waals surface area contributed by atoms with Crippen molar-refractivity contribution in [3.63, 3.8) is 0 Å². The van der Waals surface area contributed by atoms with Gasteiger partial charge in [0, 0.05) is 31.7 Å². The van der Waals surface area contributed by atoms with Gasteiger partial charge in [-0.3, -0.25) is 19.3 Å². The van der Waals surface area contributed by atoms with E-state index in [0.717, 1.165) is 4.90 Å². The molecule has 11 nitrogen and oxygen atoms in total. The summed E-state index contributed by atoms with van der Waals surface area (Å²) in [5.41, 5.74) is 0. The first-order valence-corrected chi connectivity index (χ1v) is 9.57. The maximum absolute atomic E-state index is 11.8. The average molecular weight is 416 g/mol. The molecule has 29 heavy (non-hydrogen) atoms. The Morgan fingerprint density at radius 1 is 1.07 bits per heavy atom. The molecule has 0 aromatic rings. The van der Waals surface area contributed by atoms with Crippen LogP contribution in [0.2, 0.25) is 0 Å². The molecule has 0 bridgehead atoms. The summed E-state index contributed by atoms with van der Waals surface area (Å²) in [4.78, 5) is 35.7. The number of aliphatic hydroxyl groups is 4. The minimum atomic E-state index is -1.51. The molecule has 2 aliphatic heterocycles. The molecule has 0 aliphatic carbocycles. The van der Waals surface area contributed by atoms with Crippen molar-refractivity contribution in [2.75, 3.05) is 26.3 Å². The number of imide groups is 1. The third-order valence-electron chi connectivity index (χ3n) is 4.74. The summed E-state index contributed by atoms with van der Waals surface area (Å²) < 4.78 is 10.5. The summed E-state index contributed by atoms with van der Waals surface area (Å²) in [6.45, 7) is -0.0612. The van der Waals surface area contributed by atoms with Gasteiger partial charge in [-0.05, 0) is 12.8 Å². The first-order valence-electron chi connectivity index (χ1n) is 9.57. The molecule has 3 amide bonds. The van der Waals surface area contributed by atoms with Crippen molar-refractivity contribution in [2.45, 2.75) is 56.4 Å². The summed E-state index contributed by atoms with van der Waals surface area (Å²) in [6.07, 6.45) is -2.06. The van der Waals surface area contributed by atoms with Gasteiger partial charge in [-0.25, -0.2) is 0 Å². The fourth-order valence-electron chi connectivity index (χ4n) is 3.04. The lowest BCUT2D eigenvalue weighted by molar-refractivity contribution is -0.300. The predicted octanol–water partition coefficient (Wildman–Crippen LogP) is -2.60. The van der Waals surface area contributed by atoms with Gasteiger partial charge in [-0.2, -0.15) is 0 Å². The van der Waals surface area contributed by atoms with Gasteiger partial charge in [0.2, 0.25) is 5.91 Å². The normalized spacial score (nSPS) is 29.5. The summed E-state index contributed by atoms with van der Waals surface area (Å²) in [7, 11) is 0. The Labute approximate surface area is 167 Å². The standard InChI is InChI=1S/C18H28N2O9/c21-10-11-15(25)16(26)17(27)18(29-11)28-9-7-19-12(22)4-2-1-3-8-20-13(23)5-6-14(20)24/h5-6,11,15-18,21,25-27H,1-4,7-10H2,(H,19,22). The molecule has 5 atom stereocenters. The Morgan fingerprint density at radius 2 is 1.76 bits per heavy atom. The lowest BCUT2D eigenvalue weighted by Gasteiger charge is -2.39. The molecule has 1 saturated heterocycles. The van der Waals surface area contributed by atoms with Crippen LogP contribution in [0.5, 0.6) is 0 Å². The lowest BCUT2D eigenvalue weighted by Crippen LogP contribution is -2.59. The Bertz CT molecular complexity index is 592. The summed E-state index contributed by atoms with van der Waals surface area (Å²) >= 11 is 0. The zero-order chi connectivity index (χ0) is 21.4. The van der Waals surface area contributed by atoms with Crippen molar-refractivity contribution in [3.05, 3.63) is 12.2 Å². The van der Waals surface area contributed by atoms with Crippen molar-refractivity contribution < 1.29 is 44.3 Å². The number of hydrogen-bond acceptors (Lipinski definition) is 9. The van der Waals surface area contributed by atoms with E-state index in [2.05, 4.69) is 5.32 Å². The molecular formula is C18H28N2O9. The fourth-order valence-corrected chi connectivity index (χ4v) is 3.04. The molecule has 0 aromatic heterocycles. The van der Waals surface area contributed by atoms with Crippen molar-refractivity contribution >= 4 is 17.7 Å². The van der Waals surface area contributed by atoms with Crippen LogP contribution in [0.15, 0.2) is 12.2 Å². The molecule has 5 N–H and O–H groups in total. The molecular weight excluding hydrogens is 388 g/mol. The maximum atomic E-state index is 11.8. The second kappa shape index (κ2) is 11.3. The third-order valence-corrected chi connectivity index (χ3v) is 4.74. The number of unbranched alkanes of at least 4 members (excludes halogenated alkanes) is 2. The minimum absolute atomic E-state index is 0.000609. The van der Waals surface area contributed by atoms with Crippen molar-refractivity contribution in [2.24, 2.45) is 0 Å². The van der Waals surface area contributed by atoms with E-state index in [1.165, 1.54) is 12.2 Å². The number of carbonyl (C=O) groups is 3. The highest BCUT2D eigenvalue weighted by molar-refractivity contribution is 6.12. The van der Waals surface area contributed by atoms with Gasteiger partial charge >= 0.3 is 0 Å². The molecule has 0 spiro atoms. The van der Waals surface area contributed by atoms with Crippen LogP contribution in [-0.2, 0) is 23.9 Å². The van der Waals surface area contributed by atoms with E-state index in [1.54, 1.807) is 0 Å². The molecule has 0 radical (unpaired) electrons. The van der Waals surface area contributed by atoms with E-state index in [1.807, 2.05) is 0 Å². The SMILES string of the molecule is O=C(CCCCCN1C(=O)C=CC1=O)NCCOC1OC(CO)C(O)C(O)C1O. The van der Waals surface area contributed by atoms with Gasteiger partial charge in [0.15, 0.2) is 6.29 Å². The number of nitrogens with one attached hydrogen (secondary N) is 1. The predicted molar refractivity (Wildman–Crippen MR) is 97.1 cm³/mol. The van der Waals surface area contributed by atoms with Crippen LogP contribution in [0, 0.1) is 0 Å². The van der Waals surface area contributed by atoms with E-state index in [4.69, 9.17) is 14.6 Å². The monoisotopic (exact) mass is 416 g/mol.